The highest BCUT2D eigenvalue weighted by Crippen LogP contribution is 2.11. The molecule has 16 heavy (non-hydrogen) atoms. The predicted octanol–water partition coefficient (Wildman–Crippen LogP) is 1.95. The molecular formula is C12H16N2O2. The van der Waals surface area contributed by atoms with Gasteiger partial charge in [0.15, 0.2) is 0 Å². The summed E-state index contributed by atoms with van der Waals surface area (Å²) in [4.78, 5) is 9.95. The summed E-state index contributed by atoms with van der Waals surface area (Å²) in [7, 11) is 0. The Kier molecular flexibility index (Phi) is 5.70. The molecule has 0 aliphatic heterocycles. The van der Waals surface area contributed by atoms with E-state index in [1.54, 1.807) is 6.21 Å². The van der Waals surface area contributed by atoms with Crippen LogP contribution in [-0.2, 0) is 4.79 Å². The Labute approximate surface area is 95.3 Å². The fourth-order valence-electron chi connectivity index (χ4n) is 1.13. The molecule has 0 saturated carbocycles. The largest absolute Gasteiger partial charge is 0.494 e. The molecule has 0 bridgehead atoms. The standard InChI is InChI=1S/C12H16N2O2/c1-2-3-8-16-12-6-4-11(5-7-12)9-13-14-10-15/h4-7,9-10H,2-3,8H2,1H3,(H,14,15)/b13-9+. The highest BCUT2D eigenvalue weighted by atomic mass is 16.5. The average Bonchev–Trinajstić information content (AvgIpc) is 2.32. The number of amides is 1. The van der Waals surface area contributed by atoms with Crippen LogP contribution in [-0.4, -0.2) is 19.2 Å². The van der Waals surface area contributed by atoms with Crippen molar-refractivity contribution in [1.82, 2.24) is 5.43 Å². The number of unbranched alkanes of at least 4 members (excludes halogenated alkanes) is 1. The topological polar surface area (TPSA) is 50.7 Å². The van der Waals surface area contributed by atoms with Crippen molar-refractivity contribution in [2.75, 3.05) is 6.61 Å². The van der Waals surface area contributed by atoms with E-state index in [9.17, 15) is 4.79 Å². The first-order valence-electron chi connectivity index (χ1n) is 5.32. The summed E-state index contributed by atoms with van der Waals surface area (Å²) in [6.07, 6.45) is 4.29. The lowest BCUT2D eigenvalue weighted by molar-refractivity contribution is -0.109. The minimum atomic E-state index is 0.527. The minimum absolute atomic E-state index is 0.527. The molecule has 1 aromatic rings. The fourth-order valence-corrected chi connectivity index (χ4v) is 1.13. The maximum Gasteiger partial charge on any atom is 0.227 e. The molecule has 86 valence electrons. The second-order valence-electron chi connectivity index (χ2n) is 3.28. The van der Waals surface area contributed by atoms with E-state index in [-0.39, 0.29) is 0 Å². The molecule has 0 unspecified atom stereocenters. The van der Waals surface area contributed by atoms with E-state index in [2.05, 4.69) is 17.5 Å². The Balaban J connectivity index is 2.44. The van der Waals surface area contributed by atoms with Crippen molar-refractivity contribution in [3.8, 4) is 5.75 Å². The Morgan fingerprint density at radius 3 is 2.75 bits per heavy atom. The van der Waals surface area contributed by atoms with E-state index < -0.39 is 0 Å². The summed E-state index contributed by atoms with van der Waals surface area (Å²) in [6, 6.07) is 7.55. The second-order valence-corrected chi connectivity index (χ2v) is 3.28. The van der Waals surface area contributed by atoms with E-state index in [0.29, 0.717) is 6.41 Å². The third-order valence-corrected chi connectivity index (χ3v) is 1.99. The Morgan fingerprint density at radius 1 is 1.38 bits per heavy atom. The molecule has 0 spiro atoms. The minimum Gasteiger partial charge on any atom is -0.494 e. The molecular weight excluding hydrogens is 204 g/mol. The van der Waals surface area contributed by atoms with Crippen LogP contribution < -0.4 is 10.2 Å². The molecule has 1 rings (SSSR count). The van der Waals surface area contributed by atoms with E-state index in [0.717, 1.165) is 30.8 Å². The van der Waals surface area contributed by atoms with Crippen LogP contribution in [0.3, 0.4) is 0 Å². The fraction of sp³-hybridized carbons (Fsp3) is 0.333. The molecule has 0 radical (unpaired) electrons. The Bertz CT molecular complexity index is 333. The smallest absolute Gasteiger partial charge is 0.227 e. The molecule has 0 aliphatic carbocycles. The molecule has 1 aromatic carbocycles. The van der Waals surface area contributed by atoms with Crippen molar-refractivity contribution in [3.05, 3.63) is 29.8 Å². The summed E-state index contributed by atoms with van der Waals surface area (Å²) in [5.41, 5.74) is 3.12. The van der Waals surface area contributed by atoms with E-state index in [1.165, 1.54) is 0 Å². The summed E-state index contributed by atoms with van der Waals surface area (Å²) in [5, 5.41) is 3.68. The number of carbonyl (C=O) groups excluding carboxylic acids is 1. The lowest BCUT2D eigenvalue weighted by Crippen LogP contribution is -2.00. The Morgan fingerprint density at radius 2 is 2.12 bits per heavy atom. The van der Waals surface area contributed by atoms with Gasteiger partial charge in [0.2, 0.25) is 6.41 Å². The highest BCUT2D eigenvalue weighted by molar-refractivity contribution is 5.80. The van der Waals surface area contributed by atoms with Crippen LogP contribution in [0.2, 0.25) is 0 Å². The number of ether oxygens (including phenoxy) is 1. The van der Waals surface area contributed by atoms with Crippen molar-refractivity contribution >= 4 is 12.6 Å². The molecule has 0 saturated heterocycles. The average molecular weight is 220 g/mol. The van der Waals surface area contributed by atoms with Gasteiger partial charge in [-0.3, -0.25) is 4.79 Å². The van der Waals surface area contributed by atoms with Crippen LogP contribution in [0.1, 0.15) is 25.3 Å². The quantitative estimate of drug-likeness (QED) is 0.330. The second kappa shape index (κ2) is 7.45. The van der Waals surface area contributed by atoms with E-state index in [1.807, 2.05) is 24.3 Å². The zero-order valence-corrected chi connectivity index (χ0v) is 9.35. The van der Waals surface area contributed by atoms with Gasteiger partial charge < -0.3 is 4.74 Å². The summed E-state index contributed by atoms with van der Waals surface area (Å²) >= 11 is 0. The lowest BCUT2D eigenvalue weighted by Gasteiger charge is -2.04. The molecule has 0 aromatic heterocycles. The first kappa shape index (κ1) is 12.2. The van der Waals surface area contributed by atoms with Gasteiger partial charge >= 0.3 is 0 Å². The predicted molar refractivity (Wildman–Crippen MR) is 63.6 cm³/mol. The number of benzene rings is 1. The summed E-state index contributed by atoms with van der Waals surface area (Å²) in [6.45, 7) is 2.87. The molecule has 0 heterocycles. The van der Waals surface area contributed by atoms with Crippen LogP contribution in [0, 0.1) is 0 Å². The number of hydrazone groups is 1. The first-order valence-corrected chi connectivity index (χ1v) is 5.32. The number of nitrogens with zero attached hydrogens (tertiary/aromatic N) is 1. The summed E-state index contributed by atoms with van der Waals surface area (Å²) < 4.78 is 5.51. The molecule has 4 nitrogen and oxygen atoms in total. The lowest BCUT2D eigenvalue weighted by atomic mass is 10.2. The number of hydrogen-bond donors (Lipinski definition) is 1. The number of rotatable bonds is 7. The molecule has 1 amide bonds. The van der Waals surface area contributed by atoms with Crippen LogP contribution in [0.4, 0.5) is 0 Å². The van der Waals surface area contributed by atoms with Crippen LogP contribution >= 0.6 is 0 Å². The van der Waals surface area contributed by atoms with Gasteiger partial charge in [0.1, 0.15) is 5.75 Å². The van der Waals surface area contributed by atoms with Crippen LogP contribution in [0.5, 0.6) is 5.75 Å². The SMILES string of the molecule is CCCCOc1ccc(/C=N/NC=O)cc1. The van der Waals surface area contributed by atoms with Gasteiger partial charge in [-0.1, -0.05) is 13.3 Å². The third kappa shape index (κ3) is 4.59. The Hall–Kier alpha value is -1.84. The number of hydrogen-bond acceptors (Lipinski definition) is 3. The van der Waals surface area contributed by atoms with Crippen LogP contribution in [0.15, 0.2) is 29.4 Å². The maximum atomic E-state index is 9.95. The number of nitrogens with one attached hydrogen (secondary N) is 1. The van der Waals surface area contributed by atoms with Gasteiger partial charge in [-0.15, -0.1) is 0 Å². The highest BCUT2D eigenvalue weighted by Gasteiger charge is 1.93. The maximum absolute atomic E-state index is 9.95. The zero-order valence-electron chi connectivity index (χ0n) is 9.35. The van der Waals surface area contributed by atoms with Crippen molar-refractivity contribution in [2.45, 2.75) is 19.8 Å². The molecule has 4 heteroatoms. The molecule has 0 fully saturated rings. The van der Waals surface area contributed by atoms with Crippen molar-refractivity contribution in [3.63, 3.8) is 0 Å². The van der Waals surface area contributed by atoms with Gasteiger partial charge in [-0.2, -0.15) is 5.10 Å². The third-order valence-electron chi connectivity index (χ3n) is 1.99. The monoisotopic (exact) mass is 220 g/mol. The van der Waals surface area contributed by atoms with Gasteiger partial charge in [-0.05, 0) is 36.2 Å². The normalized spacial score (nSPS) is 10.3. The van der Waals surface area contributed by atoms with Gasteiger partial charge in [0.05, 0.1) is 12.8 Å². The van der Waals surface area contributed by atoms with E-state index >= 15 is 0 Å². The van der Waals surface area contributed by atoms with Crippen molar-refractivity contribution < 1.29 is 9.53 Å². The van der Waals surface area contributed by atoms with Gasteiger partial charge in [0, 0.05) is 0 Å². The van der Waals surface area contributed by atoms with Crippen molar-refractivity contribution in [2.24, 2.45) is 5.10 Å². The van der Waals surface area contributed by atoms with Crippen LogP contribution in [0.25, 0.3) is 0 Å². The molecule has 0 aliphatic rings. The number of carbonyl (C=O) groups is 1. The van der Waals surface area contributed by atoms with E-state index in [4.69, 9.17) is 4.74 Å². The van der Waals surface area contributed by atoms with Gasteiger partial charge in [-0.25, -0.2) is 5.43 Å². The zero-order chi connectivity index (χ0) is 11.6. The molecule has 0 atom stereocenters. The summed E-state index contributed by atoms with van der Waals surface area (Å²) in [5.74, 6) is 0.856. The van der Waals surface area contributed by atoms with Crippen molar-refractivity contribution in [1.29, 1.82) is 0 Å². The first-order chi connectivity index (χ1) is 7.86. The van der Waals surface area contributed by atoms with Gasteiger partial charge in [0.25, 0.3) is 0 Å². The molecule has 1 N–H and O–H groups in total.